The standard InChI is InChI=1S/C12H18O2/c1-4-11-7-5-6-8-12(11)14-10(3)9(2)13/h5-10,13H,4H2,1-3H3/t9-,10?/m0/s1. The summed E-state index contributed by atoms with van der Waals surface area (Å²) in [5.41, 5.74) is 1.18. The maximum absolute atomic E-state index is 9.32. The zero-order chi connectivity index (χ0) is 10.6. The first-order chi connectivity index (χ1) is 6.65. The third-order valence-electron chi connectivity index (χ3n) is 2.35. The van der Waals surface area contributed by atoms with Gasteiger partial charge in [0.25, 0.3) is 0 Å². The maximum atomic E-state index is 9.32. The van der Waals surface area contributed by atoms with Gasteiger partial charge in [-0.1, -0.05) is 25.1 Å². The Morgan fingerprint density at radius 1 is 1.29 bits per heavy atom. The van der Waals surface area contributed by atoms with Crippen LogP contribution in [0.3, 0.4) is 0 Å². The fourth-order valence-corrected chi connectivity index (χ4v) is 1.21. The summed E-state index contributed by atoms with van der Waals surface area (Å²) in [5.74, 6) is 0.878. The third-order valence-corrected chi connectivity index (χ3v) is 2.35. The molecule has 2 nitrogen and oxygen atoms in total. The van der Waals surface area contributed by atoms with Crippen molar-refractivity contribution >= 4 is 0 Å². The molecule has 0 radical (unpaired) electrons. The molecule has 0 amide bonds. The minimum Gasteiger partial charge on any atom is -0.488 e. The highest BCUT2D eigenvalue weighted by molar-refractivity contribution is 5.33. The van der Waals surface area contributed by atoms with Crippen LogP contribution in [0.2, 0.25) is 0 Å². The second-order valence-electron chi connectivity index (χ2n) is 3.52. The summed E-state index contributed by atoms with van der Waals surface area (Å²) >= 11 is 0. The molecule has 1 aromatic rings. The van der Waals surface area contributed by atoms with Gasteiger partial charge >= 0.3 is 0 Å². The van der Waals surface area contributed by atoms with E-state index in [2.05, 4.69) is 6.92 Å². The lowest BCUT2D eigenvalue weighted by molar-refractivity contribution is 0.0598. The van der Waals surface area contributed by atoms with Crippen molar-refractivity contribution in [2.75, 3.05) is 0 Å². The summed E-state index contributed by atoms with van der Waals surface area (Å²) < 4.78 is 5.65. The van der Waals surface area contributed by atoms with Crippen molar-refractivity contribution < 1.29 is 9.84 Å². The topological polar surface area (TPSA) is 29.5 Å². The van der Waals surface area contributed by atoms with E-state index in [9.17, 15) is 5.11 Å². The monoisotopic (exact) mass is 194 g/mol. The second-order valence-corrected chi connectivity index (χ2v) is 3.52. The summed E-state index contributed by atoms with van der Waals surface area (Å²) in [7, 11) is 0. The largest absolute Gasteiger partial charge is 0.488 e. The van der Waals surface area contributed by atoms with E-state index in [0.717, 1.165) is 12.2 Å². The maximum Gasteiger partial charge on any atom is 0.123 e. The van der Waals surface area contributed by atoms with E-state index in [4.69, 9.17) is 4.74 Å². The average molecular weight is 194 g/mol. The number of benzene rings is 1. The van der Waals surface area contributed by atoms with E-state index in [1.165, 1.54) is 5.56 Å². The number of ether oxygens (including phenoxy) is 1. The molecule has 0 spiro atoms. The van der Waals surface area contributed by atoms with Crippen molar-refractivity contribution in [1.82, 2.24) is 0 Å². The van der Waals surface area contributed by atoms with Gasteiger partial charge < -0.3 is 9.84 Å². The first-order valence-electron chi connectivity index (χ1n) is 5.07. The highest BCUT2D eigenvalue weighted by Crippen LogP contribution is 2.20. The fourth-order valence-electron chi connectivity index (χ4n) is 1.21. The van der Waals surface area contributed by atoms with Gasteiger partial charge in [0.15, 0.2) is 0 Å². The van der Waals surface area contributed by atoms with Crippen LogP contribution in [0.1, 0.15) is 26.3 Å². The van der Waals surface area contributed by atoms with Gasteiger partial charge in [-0.05, 0) is 31.9 Å². The van der Waals surface area contributed by atoms with Gasteiger partial charge in [0, 0.05) is 0 Å². The van der Waals surface area contributed by atoms with Crippen molar-refractivity contribution in [3.8, 4) is 5.75 Å². The van der Waals surface area contributed by atoms with Crippen LogP contribution in [0.4, 0.5) is 0 Å². The SMILES string of the molecule is CCc1ccccc1OC(C)[C@H](C)O. The van der Waals surface area contributed by atoms with Crippen molar-refractivity contribution in [2.45, 2.75) is 39.4 Å². The van der Waals surface area contributed by atoms with Gasteiger partial charge in [-0.25, -0.2) is 0 Å². The molecule has 0 bridgehead atoms. The van der Waals surface area contributed by atoms with Gasteiger partial charge in [-0.15, -0.1) is 0 Å². The molecule has 0 aromatic heterocycles. The summed E-state index contributed by atoms with van der Waals surface area (Å²) in [6.45, 7) is 5.70. The lowest BCUT2D eigenvalue weighted by atomic mass is 10.1. The third kappa shape index (κ3) is 2.74. The lowest BCUT2D eigenvalue weighted by Gasteiger charge is -2.19. The molecule has 0 fully saturated rings. The smallest absolute Gasteiger partial charge is 0.123 e. The van der Waals surface area contributed by atoms with Crippen LogP contribution in [-0.2, 0) is 6.42 Å². The molecular weight excluding hydrogens is 176 g/mol. The first-order valence-corrected chi connectivity index (χ1v) is 5.07. The van der Waals surface area contributed by atoms with Gasteiger partial charge in [-0.2, -0.15) is 0 Å². The summed E-state index contributed by atoms with van der Waals surface area (Å²) in [6.07, 6.45) is 0.338. The van der Waals surface area contributed by atoms with E-state index in [0.29, 0.717) is 0 Å². The van der Waals surface area contributed by atoms with Gasteiger partial charge in [0.05, 0.1) is 6.10 Å². The van der Waals surface area contributed by atoms with Crippen LogP contribution in [0.25, 0.3) is 0 Å². The highest BCUT2D eigenvalue weighted by Gasteiger charge is 2.11. The highest BCUT2D eigenvalue weighted by atomic mass is 16.5. The Morgan fingerprint density at radius 3 is 2.50 bits per heavy atom. The fraction of sp³-hybridized carbons (Fsp3) is 0.500. The lowest BCUT2D eigenvalue weighted by Crippen LogP contribution is -2.25. The van der Waals surface area contributed by atoms with Crippen LogP contribution in [-0.4, -0.2) is 17.3 Å². The van der Waals surface area contributed by atoms with Crippen molar-refractivity contribution in [1.29, 1.82) is 0 Å². The Bertz CT molecular complexity index is 281. The molecule has 0 aliphatic rings. The Morgan fingerprint density at radius 2 is 1.93 bits per heavy atom. The zero-order valence-corrected chi connectivity index (χ0v) is 9.03. The summed E-state index contributed by atoms with van der Waals surface area (Å²) in [4.78, 5) is 0. The van der Waals surface area contributed by atoms with Crippen LogP contribution in [0.15, 0.2) is 24.3 Å². The molecule has 0 saturated carbocycles. The van der Waals surface area contributed by atoms with E-state index < -0.39 is 6.10 Å². The molecule has 0 aliphatic carbocycles. The first kappa shape index (κ1) is 11.1. The quantitative estimate of drug-likeness (QED) is 0.797. The van der Waals surface area contributed by atoms with E-state index in [-0.39, 0.29) is 6.10 Å². The molecule has 2 heteroatoms. The summed E-state index contributed by atoms with van der Waals surface area (Å²) in [5, 5.41) is 9.32. The number of hydrogen-bond acceptors (Lipinski definition) is 2. The Hall–Kier alpha value is -1.02. The van der Waals surface area contributed by atoms with Crippen LogP contribution < -0.4 is 4.74 Å². The average Bonchev–Trinajstić information content (AvgIpc) is 2.18. The zero-order valence-electron chi connectivity index (χ0n) is 9.03. The van der Waals surface area contributed by atoms with E-state index >= 15 is 0 Å². The molecular formula is C12H18O2. The molecule has 1 aromatic carbocycles. The molecule has 0 aliphatic heterocycles. The van der Waals surface area contributed by atoms with E-state index in [1.54, 1.807) is 6.92 Å². The number of aliphatic hydroxyl groups excluding tert-OH is 1. The summed E-state index contributed by atoms with van der Waals surface area (Å²) in [6, 6.07) is 7.93. The van der Waals surface area contributed by atoms with Crippen LogP contribution in [0.5, 0.6) is 5.75 Å². The van der Waals surface area contributed by atoms with Crippen molar-refractivity contribution in [2.24, 2.45) is 0 Å². The van der Waals surface area contributed by atoms with Gasteiger partial charge in [0.1, 0.15) is 11.9 Å². The molecule has 14 heavy (non-hydrogen) atoms. The molecule has 2 atom stereocenters. The van der Waals surface area contributed by atoms with Gasteiger partial charge in [0.2, 0.25) is 0 Å². The predicted octanol–water partition coefficient (Wildman–Crippen LogP) is 2.40. The van der Waals surface area contributed by atoms with Crippen LogP contribution in [0, 0.1) is 0 Å². The predicted molar refractivity (Wildman–Crippen MR) is 57.6 cm³/mol. The number of rotatable bonds is 4. The molecule has 1 N–H and O–H groups in total. The second kappa shape index (κ2) is 5.01. The molecule has 1 rings (SSSR count). The van der Waals surface area contributed by atoms with Crippen LogP contribution >= 0.6 is 0 Å². The number of hydrogen-bond donors (Lipinski definition) is 1. The molecule has 1 unspecified atom stereocenters. The van der Waals surface area contributed by atoms with Gasteiger partial charge in [-0.3, -0.25) is 0 Å². The number of para-hydroxylation sites is 1. The Kier molecular flexibility index (Phi) is 3.96. The number of aryl methyl sites for hydroxylation is 1. The molecule has 78 valence electrons. The molecule has 0 saturated heterocycles. The minimum atomic E-state index is -0.445. The molecule has 0 heterocycles. The number of aliphatic hydroxyl groups is 1. The minimum absolute atomic E-state index is 0.164. The van der Waals surface area contributed by atoms with Crippen molar-refractivity contribution in [3.63, 3.8) is 0 Å². The Labute approximate surface area is 85.5 Å². The Balaban J connectivity index is 2.75. The normalized spacial score (nSPS) is 14.9. The van der Waals surface area contributed by atoms with E-state index in [1.807, 2.05) is 31.2 Å². The van der Waals surface area contributed by atoms with Crippen molar-refractivity contribution in [3.05, 3.63) is 29.8 Å².